The topological polar surface area (TPSA) is 50.4 Å². The first-order valence-electron chi connectivity index (χ1n) is 9.05. The molecule has 2 N–H and O–H groups in total. The Morgan fingerprint density at radius 1 is 1.04 bits per heavy atom. The molecule has 2 aromatic carbocycles. The lowest BCUT2D eigenvalue weighted by atomic mass is 10.0. The van der Waals surface area contributed by atoms with Gasteiger partial charge in [-0.2, -0.15) is 0 Å². The highest BCUT2D eigenvalue weighted by molar-refractivity contribution is 5.90. The van der Waals surface area contributed by atoms with Gasteiger partial charge in [0.1, 0.15) is 0 Å². The highest BCUT2D eigenvalue weighted by atomic mass is 16.5. The molecule has 1 aliphatic carbocycles. The maximum Gasteiger partial charge on any atom is 0.319 e. The van der Waals surface area contributed by atoms with Gasteiger partial charge in [-0.1, -0.05) is 48.5 Å². The SMILES string of the molecule is O=C(NCCCOCC1CC1)Nc1ccccc1Cc1ccccc1. The number of nitrogens with one attached hydrogen (secondary N) is 2. The van der Waals surface area contributed by atoms with Gasteiger partial charge >= 0.3 is 6.03 Å². The molecule has 2 amide bonds. The van der Waals surface area contributed by atoms with E-state index in [0.717, 1.165) is 36.6 Å². The lowest BCUT2D eigenvalue weighted by Gasteiger charge is -2.12. The Hall–Kier alpha value is -2.33. The van der Waals surface area contributed by atoms with Crippen molar-refractivity contribution in [3.8, 4) is 0 Å². The van der Waals surface area contributed by atoms with Gasteiger partial charge in [0.2, 0.25) is 0 Å². The predicted molar refractivity (Wildman–Crippen MR) is 101 cm³/mol. The summed E-state index contributed by atoms with van der Waals surface area (Å²) in [5.74, 6) is 0.789. The minimum absolute atomic E-state index is 0.164. The first-order valence-corrected chi connectivity index (χ1v) is 9.05. The summed E-state index contributed by atoms with van der Waals surface area (Å²) in [6, 6.07) is 18.0. The van der Waals surface area contributed by atoms with Crippen molar-refractivity contribution in [1.29, 1.82) is 0 Å². The Labute approximate surface area is 149 Å². The monoisotopic (exact) mass is 338 g/mol. The molecule has 0 radical (unpaired) electrons. The molecule has 4 nitrogen and oxygen atoms in total. The van der Waals surface area contributed by atoms with E-state index < -0.39 is 0 Å². The second-order valence-electron chi connectivity index (χ2n) is 6.57. The summed E-state index contributed by atoms with van der Waals surface area (Å²) in [5, 5.41) is 5.85. The van der Waals surface area contributed by atoms with Crippen LogP contribution in [0.1, 0.15) is 30.4 Å². The number of hydrogen-bond donors (Lipinski definition) is 2. The van der Waals surface area contributed by atoms with Crippen LogP contribution >= 0.6 is 0 Å². The quantitative estimate of drug-likeness (QED) is 0.673. The summed E-state index contributed by atoms with van der Waals surface area (Å²) < 4.78 is 5.57. The maximum absolute atomic E-state index is 12.1. The summed E-state index contributed by atoms with van der Waals surface area (Å²) in [6.07, 6.45) is 4.25. The summed E-state index contributed by atoms with van der Waals surface area (Å²) in [5.41, 5.74) is 3.19. The molecule has 0 atom stereocenters. The molecule has 0 aromatic heterocycles. The number of ether oxygens (including phenoxy) is 1. The van der Waals surface area contributed by atoms with Gasteiger partial charge in [-0.25, -0.2) is 4.79 Å². The Kier molecular flexibility index (Phi) is 6.46. The minimum atomic E-state index is -0.164. The second kappa shape index (κ2) is 9.23. The zero-order valence-electron chi connectivity index (χ0n) is 14.5. The number of anilines is 1. The van der Waals surface area contributed by atoms with Gasteiger partial charge in [0.15, 0.2) is 0 Å². The highest BCUT2D eigenvalue weighted by Crippen LogP contribution is 2.28. The van der Waals surface area contributed by atoms with Crippen molar-refractivity contribution in [2.75, 3.05) is 25.1 Å². The number of carbonyl (C=O) groups excluding carboxylic acids is 1. The van der Waals surface area contributed by atoms with Crippen LogP contribution < -0.4 is 10.6 Å². The number of urea groups is 1. The first kappa shape index (κ1) is 17.5. The van der Waals surface area contributed by atoms with E-state index in [1.165, 1.54) is 18.4 Å². The number of amides is 2. The van der Waals surface area contributed by atoms with Crippen molar-refractivity contribution in [1.82, 2.24) is 5.32 Å². The fraction of sp³-hybridized carbons (Fsp3) is 0.381. The zero-order valence-corrected chi connectivity index (χ0v) is 14.5. The normalized spacial score (nSPS) is 13.4. The van der Waals surface area contributed by atoms with Crippen molar-refractivity contribution in [2.24, 2.45) is 5.92 Å². The Balaban J connectivity index is 1.42. The molecule has 0 heterocycles. The van der Waals surface area contributed by atoms with E-state index in [9.17, 15) is 4.79 Å². The number of para-hydroxylation sites is 1. The van der Waals surface area contributed by atoms with Crippen LogP contribution in [0, 0.1) is 5.92 Å². The van der Waals surface area contributed by atoms with Crippen LogP contribution in [-0.4, -0.2) is 25.8 Å². The molecule has 1 saturated carbocycles. The van der Waals surface area contributed by atoms with Crippen LogP contribution in [0.2, 0.25) is 0 Å². The fourth-order valence-electron chi connectivity index (χ4n) is 2.69. The summed E-state index contributed by atoms with van der Waals surface area (Å²) in [4.78, 5) is 12.1. The molecule has 2 aromatic rings. The van der Waals surface area contributed by atoms with E-state index in [-0.39, 0.29) is 6.03 Å². The van der Waals surface area contributed by atoms with Crippen molar-refractivity contribution in [2.45, 2.75) is 25.7 Å². The Morgan fingerprint density at radius 2 is 1.80 bits per heavy atom. The van der Waals surface area contributed by atoms with Gasteiger partial charge in [-0.05, 0) is 48.8 Å². The highest BCUT2D eigenvalue weighted by Gasteiger charge is 2.20. The lowest BCUT2D eigenvalue weighted by Crippen LogP contribution is -2.30. The average molecular weight is 338 g/mol. The van der Waals surface area contributed by atoms with Crippen LogP contribution in [-0.2, 0) is 11.2 Å². The third-order valence-corrected chi connectivity index (χ3v) is 4.30. The van der Waals surface area contributed by atoms with Crippen molar-refractivity contribution in [3.05, 3.63) is 65.7 Å². The maximum atomic E-state index is 12.1. The van der Waals surface area contributed by atoms with Crippen LogP contribution in [0.3, 0.4) is 0 Å². The average Bonchev–Trinajstić information content (AvgIpc) is 3.45. The molecular weight excluding hydrogens is 312 g/mol. The van der Waals surface area contributed by atoms with E-state index in [1.54, 1.807) is 0 Å². The standard InChI is InChI=1S/C21H26N2O2/c24-21(22-13-6-14-25-16-18-11-12-18)23-20-10-5-4-9-19(20)15-17-7-2-1-3-8-17/h1-5,7-10,18H,6,11-16H2,(H2,22,23,24). The predicted octanol–water partition coefficient (Wildman–Crippen LogP) is 4.22. The summed E-state index contributed by atoms with van der Waals surface area (Å²) >= 11 is 0. The van der Waals surface area contributed by atoms with Gasteiger partial charge in [0.05, 0.1) is 0 Å². The minimum Gasteiger partial charge on any atom is -0.381 e. The molecule has 132 valence electrons. The van der Waals surface area contributed by atoms with E-state index in [1.807, 2.05) is 42.5 Å². The van der Waals surface area contributed by atoms with E-state index in [4.69, 9.17) is 4.74 Å². The third kappa shape index (κ3) is 6.24. The summed E-state index contributed by atoms with van der Waals surface area (Å²) in [7, 11) is 0. The van der Waals surface area contributed by atoms with Gasteiger partial charge in [0.25, 0.3) is 0 Å². The molecule has 1 aliphatic rings. The molecule has 0 aliphatic heterocycles. The molecule has 0 bridgehead atoms. The van der Waals surface area contributed by atoms with Crippen molar-refractivity contribution in [3.63, 3.8) is 0 Å². The van der Waals surface area contributed by atoms with Gasteiger partial charge in [-0.15, -0.1) is 0 Å². The van der Waals surface area contributed by atoms with Crippen molar-refractivity contribution < 1.29 is 9.53 Å². The van der Waals surface area contributed by atoms with Crippen LogP contribution in [0.15, 0.2) is 54.6 Å². The second-order valence-corrected chi connectivity index (χ2v) is 6.57. The number of hydrogen-bond acceptors (Lipinski definition) is 2. The van der Waals surface area contributed by atoms with Gasteiger partial charge in [-0.3, -0.25) is 0 Å². The number of carbonyl (C=O) groups is 1. The smallest absolute Gasteiger partial charge is 0.319 e. The van der Waals surface area contributed by atoms with Crippen LogP contribution in [0.25, 0.3) is 0 Å². The molecular formula is C21H26N2O2. The third-order valence-electron chi connectivity index (χ3n) is 4.30. The molecule has 3 rings (SSSR count). The first-order chi connectivity index (χ1) is 12.3. The van der Waals surface area contributed by atoms with Crippen LogP contribution in [0.4, 0.5) is 10.5 Å². The van der Waals surface area contributed by atoms with Crippen LogP contribution in [0.5, 0.6) is 0 Å². The molecule has 0 unspecified atom stereocenters. The number of rotatable bonds is 9. The lowest BCUT2D eigenvalue weighted by molar-refractivity contribution is 0.122. The van der Waals surface area contributed by atoms with E-state index >= 15 is 0 Å². The number of benzene rings is 2. The zero-order chi connectivity index (χ0) is 17.3. The Morgan fingerprint density at radius 3 is 2.60 bits per heavy atom. The summed E-state index contributed by atoms with van der Waals surface area (Å²) in [6.45, 7) is 2.21. The van der Waals surface area contributed by atoms with Gasteiger partial charge < -0.3 is 15.4 Å². The fourth-order valence-corrected chi connectivity index (χ4v) is 2.69. The molecule has 4 heteroatoms. The Bertz CT molecular complexity index is 669. The van der Waals surface area contributed by atoms with E-state index in [0.29, 0.717) is 13.2 Å². The largest absolute Gasteiger partial charge is 0.381 e. The van der Waals surface area contributed by atoms with Crippen molar-refractivity contribution >= 4 is 11.7 Å². The molecule has 0 spiro atoms. The van der Waals surface area contributed by atoms with E-state index in [2.05, 4.69) is 22.8 Å². The molecule has 0 saturated heterocycles. The van der Waals surface area contributed by atoms with Gasteiger partial charge in [0, 0.05) is 25.4 Å². The molecule has 25 heavy (non-hydrogen) atoms. The molecule has 1 fully saturated rings.